The number of carbonyl (C=O) groups is 1. The molecular weight excluding hydrogens is 410 g/mol. The maximum atomic E-state index is 13.9. The van der Waals surface area contributed by atoms with Gasteiger partial charge in [0, 0.05) is 12.5 Å². The molecule has 3 nitrogen and oxygen atoms in total. The van der Waals surface area contributed by atoms with Gasteiger partial charge in [-0.3, -0.25) is 4.79 Å². The molecule has 32 heavy (non-hydrogen) atoms. The lowest BCUT2D eigenvalue weighted by Crippen LogP contribution is -2.57. The van der Waals surface area contributed by atoms with Crippen LogP contribution in [0.4, 0.5) is 0 Å². The molecule has 1 aromatic rings. The quantitative estimate of drug-likeness (QED) is 0.390. The maximum Gasteiger partial charge on any atom is 0.217 e. The second kappa shape index (κ2) is 10.3. The number of nitrogens with one attached hydrogen (secondary N) is 1. The minimum atomic E-state index is -1.69. The summed E-state index contributed by atoms with van der Waals surface area (Å²) in [4.78, 5) is 13.9. The number of benzene rings is 1. The van der Waals surface area contributed by atoms with E-state index in [4.69, 9.17) is 4.74 Å². The number of hydrogen-bond acceptors (Lipinski definition) is 3. The summed E-state index contributed by atoms with van der Waals surface area (Å²) in [6.07, 6.45) is 5.31. The molecule has 4 heteroatoms. The molecule has 0 radical (unpaired) electrons. The summed E-state index contributed by atoms with van der Waals surface area (Å²) in [6, 6.07) is 11.7. The van der Waals surface area contributed by atoms with E-state index in [1.807, 2.05) is 0 Å². The van der Waals surface area contributed by atoms with E-state index in [1.54, 1.807) is 7.11 Å². The highest BCUT2D eigenvalue weighted by Gasteiger charge is 2.57. The molecule has 178 valence electrons. The van der Waals surface area contributed by atoms with E-state index in [0.29, 0.717) is 22.4 Å². The van der Waals surface area contributed by atoms with E-state index < -0.39 is 13.6 Å². The van der Waals surface area contributed by atoms with Crippen molar-refractivity contribution in [3.63, 3.8) is 0 Å². The van der Waals surface area contributed by atoms with Crippen molar-refractivity contribution in [3.8, 4) is 0 Å². The van der Waals surface area contributed by atoms with E-state index in [2.05, 4.69) is 77.2 Å². The van der Waals surface area contributed by atoms with Crippen LogP contribution in [-0.4, -0.2) is 33.1 Å². The third-order valence-corrected chi connectivity index (χ3v) is 16.3. The van der Waals surface area contributed by atoms with Crippen molar-refractivity contribution in [2.45, 2.75) is 102 Å². The molecule has 2 aliphatic rings. The summed E-state index contributed by atoms with van der Waals surface area (Å²) in [7, 11) is 0.0226. The van der Waals surface area contributed by atoms with Gasteiger partial charge in [0.2, 0.25) is 5.78 Å². The minimum absolute atomic E-state index is 0.229. The lowest BCUT2D eigenvalue weighted by atomic mass is 9.72. The Morgan fingerprint density at radius 1 is 1.03 bits per heavy atom. The molecule has 0 aliphatic heterocycles. The second-order valence-corrected chi connectivity index (χ2v) is 17.1. The van der Waals surface area contributed by atoms with E-state index >= 15 is 0 Å². The average molecular weight is 456 g/mol. The van der Waals surface area contributed by atoms with Crippen LogP contribution in [0.5, 0.6) is 0 Å². The monoisotopic (exact) mass is 455 g/mol. The van der Waals surface area contributed by atoms with E-state index in [9.17, 15) is 4.79 Å². The lowest BCUT2D eigenvalue weighted by molar-refractivity contribution is -0.125. The first kappa shape index (κ1) is 25.2. The average Bonchev–Trinajstić information content (AvgIpc) is 2.99. The highest BCUT2D eigenvalue weighted by molar-refractivity contribution is 6.84. The fourth-order valence-electron chi connectivity index (χ4n) is 7.16. The molecular formula is C28H45NO2Si. The molecule has 1 N–H and O–H groups in total. The van der Waals surface area contributed by atoms with Gasteiger partial charge in [0.15, 0.2) is 5.76 Å². The van der Waals surface area contributed by atoms with Gasteiger partial charge in [-0.2, -0.15) is 0 Å². The Kier molecular flexibility index (Phi) is 8.09. The molecule has 0 saturated heterocycles. The van der Waals surface area contributed by atoms with Gasteiger partial charge in [0.25, 0.3) is 0 Å². The summed E-state index contributed by atoms with van der Waals surface area (Å²) in [5.74, 6) is 1.22. The fraction of sp³-hybridized carbons (Fsp3) is 0.679. The van der Waals surface area contributed by atoms with Crippen LogP contribution in [0.15, 0.2) is 41.7 Å². The van der Waals surface area contributed by atoms with Crippen LogP contribution in [0.3, 0.4) is 0 Å². The molecule has 1 saturated carbocycles. The first-order chi connectivity index (χ1) is 15.2. The predicted molar refractivity (Wildman–Crippen MR) is 138 cm³/mol. The number of fused-ring (bicyclic) bond motifs is 1. The van der Waals surface area contributed by atoms with Gasteiger partial charge in [-0.25, -0.2) is 0 Å². The Balaban J connectivity index is 1.92. The van der Waals surface area contributed by atoms with Crippen LogP contribution in [-0.2, 0) is 16.0 Å². The maximum absolute atomic E-state index is 13.9. The number of Topliss-reactive ketones (excluding diaryl/α,β-unsaturated/α-hetero) is 1. The molecule has 0 bridgehead atoms. The second-order valence-electron chi connectivity index (χ2n) is 11.1. The Labute approximate surface area is 197 Å². The van der Waals surface area contributed by atoms with Crippen LogP contribution in [0, 0.1) is 5.92 Å². The molecule has 2 aliphatic carbocycles. The SMILES string of the molecule is COC1=C(C[Si](C(C)C)(C(C)C)C(C)C)[C@H]2CCCC[C@@]2(NCCc2ccccc2)C1=O. The summed E-state index contributed by atoms with van der Waals surface area (Å²) in [5.41, 5.74) is 4.24. The van der Waals surface area contributed by atoms with Crippen molar-refractivity contribution < 1.29 is 9.53 Å². The number of ketones is 1. The van der Waals surface area contributed by atoms with Gasteiger partial charge in [-0.1, -0.05) is 101 Å². The molecule has 1 fully saturated rings. The van der Waals surface area contributed by atoms with Crippen LogP contribution < -0.4 is 5.32 Å². The number of methoxy groups -OCH3 is 1. The molecule has 0 spiro atoms. The Bertz CT molecular complexity index is 792. The highest BCUT2D eigenvalue weighted by Crippen LogP contribution is 2.54. The van der Waals surface area contributed by atoms with Crippen LogP contribution in [0.2, 0.25) is 22.7 Å². The topological polar surface area (TPSA) is 38.3 Å². The highest BCUT2D eigenvalue weighted by atomic mass is 28.3. The van der Waals surface area contributed by atoms with E-state index in [-0.39, 0.29) is 11.7 Å². The van der Waals surface area contributed by atoms with Gasteiger partial charge in [0.1, 0.15) is 0 Å². The minimum Gasteiger partial charge on any atom is -0.493 e. The molecule has 2 atom stereocenters. The van der Waals surface area contributed by atoms with E-state index in [0.717, 1.165) is 38.3 Å². The molecule has 1 aromatic carbocycles. The van der Waals surface area contributed by atoms with Gasteiger partial charge in [0.05, 0.1) is 20.7 Å². The number of carbonyl (C=O) groups excluding carboxylic acids is 1. The van der Waals surface area contributed by atoms with Crippen LogP contribution in [0.1, 0.15) is 72.8 Å². The first-order valence-corrected chi connectivity index (χ1v) is 15.2. The molecule has 0 aromatic heterocycles. The fourth-order valence-corrected chi connectivity index (χ4v) is 13.5. The summed E-state index contributed by atoms with van der Waals surface area (Å²) < 4.78 is 5.92. The summed E-state index contributed by atoms with van der Waals surface area (Å²) in [6.45, 7) is 15.3. The molecule has 0 amide bonds. The van der Waals surface area contributed by atoms with Crippen molar-refractivity contribution in [1.29, 1.82) is 0 Å². The van der Waals surface area contributed by atoms with E-state index in [1.165, 1.54) is 17.6 Å². The zero-order valence-corrected chi connectivity index (χ0v) is 22.5. The van der Waals surface area contributed by atoms with Gasteiger partial charge >= 0.3 is 0 Å². The third-order valence-electron chi connectivity index (χ3n) is 8.85. The van der Waals surface area contributed by atoms with Gasteiger partial charge < -0.3 is 10.1 Å². The molecule has 0 heterocycles. The predicted octanol–water partition coefficient (Wildman–Crippen LogP) is 6.91. The van der Waals surface area contributed by atoms with Gasteiger partial charge in [-0.05, 0) is 36.4 Å². The third kappa shape index (κ3) is 4.37. The largest absolute Gasteiger partial charge is 0.493 e. The first-order valence-electron chi connectivity index (χ1n) is 12.8. The van der Waals surface area contributed by atoms with Crippen molar-refractivity contribution >= 4 is 13.9 Å². The zero-order valence-electron chi connectivity index (χ0n) is 21.5. The summed E-state index contributed by atoms with van der Waals surface area (Å²) in [5, 5.41) is 3.81. The molecule has 3 rings (SSSR count). The number of ether oxygens (including phenoxy) is 1. The number of rotatable bonds is 10. The van der Waals surface area contributed by atoms with Crippen molar-refractivity contribution in [3.05, 3.63) is 47.2 Å². The zero-order chi connectivity index (χ0) is 23.5. The molecule has 0 unspecified atom stereocenters. The lowest BCUT2D eigenvalue weighted by Gasteiger charge is -2.46. The standard InChI is InChI=1S/C28H45NO2Si/c1-20(2)32(21(3)4,22(5)6)19-24-25-15-11-12-17-28(25,27(30)26(24)31-7)29-18-16-23-13-9-8-10-14-23/h8-10,13-14,20-22,25,29H,11-12,15-19H2,1-7H3/t25-,28+/m1/s1. The number of hydrogen-bond donors (Lipinski definition) is 1. The Morgan fingerprint density at radius 3 is 2.22 bits per heavy atom. The smallest absolute Gasteiger partial charge is 0.217 e. The van der Waals surface area contributed by atoms with Crippen molar-refractivity contribution in [1.82, 2.24) is 5.32 Å². The Morgan fingerprint density at radius 2 is 1.66 bits per heavy atom. The van der Waals surface area contributed by atoms with Gasteiger partial charge in [-0.15, -0.1) is 0 Å². The van der Waals surface area contributed by atoms with Crippen molar-refractivity contribution in [2.24, 2.45) is 5.92 Å². The van der Waals surface area contributed by atoms with Crippen LogP contribution in [0.25, 0.3) is 0 Å². The summed E-state index contributed by atoms with van der Waals surface area (Å²) >= 11 is 0. The Hall–Kier alpha value is -1.39. The van der Waals surface area contributed by atoms with Crippen LogP contribution >= 0.6 is 0 Å². The van der Waals surface area contributed by atoms with Crippen molar-refractivity contribution in [2.75, 3.05) is 13.7 Å². The normalized spacial score (nSPS) is 24.1.